The number of non-ortho nitro benzene ring substituents is 1. The fraction of sp³-hybridized carbons (Fsp3) is 0. The van der Waals surface area contributed by atoms with E-state index in [1.54, 1.807) is 24.3 Å². The number of allylic oxidation sites excluding steroid dienone is 1. The molecule has 0 fully saturated rings. The Labute approximate surface area is 129 Å². The van der Waals surface area contributed by atoms with Gasteiger partial charge in [-0.2, -0.15) is 0 Å². The van der Waals surface area contributed by atoms with E-state index in [2.05, 4.69) is 4.98 Å². The number of hydrogen-bond acceptors (Lipinski definition) is 5. The molecule has 0 atom stereocenters. The first-order chi connectivity index (χ1) is 11.0. The number of aromatic amines is 1. The SMILES string of the molecule is O=C(/C=C/c1cccc([N+](=O)[O-])c1)c1ccc2[nH]c(=O)oc2c1. The van der Waals surface area contributed by atoms with Gasteiger partial charge in [0.15, 0.2) is 11.4 Å². The summed E-state index contributed by atoms with van der Waals surface area (Å²) in [7, 11) is 0. The van der Waals surface area contributed by atoms with E-state index in [1.807, 2.05) is 0 Å². The van der Waals surface area contributed by atoms with E-state index >= 15 is 0 Å². The van der Waals surface area contributed by atoms with Gasteiger partial charge in [0.1, 0.15) is 0 Å². The van der Waals surface area contributed by atoms with E-state index < -0.39 is 10.7 Å². The molecular weight excluding hydrogens is 300 g/mol. The van der Waals surface area contributed by atoms with Crippen LogP contribution < -0.4 is 5.76 Å². The summed E-state index contributed by atoms with van der Waals surface area (Å²) in [6.45, 7) is 0. The van der Waals surface area contributed by atoms with Crippen LogP contribution in [-0.2, 0) is 0 Å². The number of rotatable bonds is 4. The molecule has 3 rings (SSSR count). The summed E-state index contributed by atoms with van der Waals surface area (Å²) in [6.07, 6.45) is 2.80. The predicted molar refractivity (Wildman–Crippen MR) is 83.3 cm³/mol. The van der Waals surface area contributed by atoms with Gasteiger partial charge in [-0.1, -0.05) is 18.2 Å². The summed E-state index contributed by atoms with van der Waals surface area (Å²) in [4.78, 5) is 35.9. The summed E-state index contributed by atoms with van der Waals surface area (Å²) in [5.74, 6) is -0.890. The second-order valence-corrected chi connectivity index (χ2v) is 4.78. The lowest BCUT2D eigenvalue weighted by atomic mass is 10.1. The molecule has 0 amide bonds. The van der Waals surface area contributed by atoms with Gasteiger partial charge in [-0.15, -0.1) is 0 Å². The molecule has 7 heteroatoms. The van der Waals surface area contributed by atoms with Crippen molar-refractivity contribution in [2.45, 2.75) is 0 Å². The van der Waals surface area contributed by atoms with Crippen LogP contribution in [0.4, 0.5) is 5.69 Å². The Morgan fingerprint density at radius 1 is 1.22 bits per heavy atom. The first-order valence-corrected chi connectivity index (χ1v) is 6.63. The lowest BCUT2D eigenvalue weighted by Gasteiger charge is -1.96. The Hall–Kier alpha value is -3.48. The van der Waals surface area contributed by atoms with Crippen LogP contribution in [0.1, 0.15) is 15.9 Å². The minimum Gasteiger partial charge on any atom is -0.408 e. The van der Waals surface area contributed by atoms with Gasteiger partial charge in [0.25, 0.3) is 5.69 Å². The highest BCUT2D eigenvalue weighted by Gasteiger charge is 2.07. The predicted octanol–water partition coefficient (Wildman–Crippen LogP) is 2.93. The maximum absolute atomic E-state index is 12.1. The number of carbonyl (C=O) groups excluding carboxylic acids is 1. The summed E-state index contributed by atoms with van der Waals surface area (Å²) >= 11 is 0. The Morgan fingerprint density at radius 2 is 2.04 bits per heavy atom. The zero-order valence-electron chi connectivity index (χ0n) is 11.7. The van der Waals surface area contributed by atoms with Crippen LogP contribution in [0.3, 0.4) is 0 Å². The molecule has 7 nitrogen and oxygen atoms in total. The standard InChI is InChI=1S/C16H10N2O5/c19-14(7-4-10-2-1-3-12(8-10)18(21)22)11-5-6-13-15(9-11)23-16(20)17-13/h1-9H,(H,17,20)/b7-4+. The summed E-state index contributed by atoms with van der Waals surface area (Å²) < 4.78 is 4.90. The van der Waals surface area contributed by atoms with Crippen molar-refractivity contribution in [1.82, 2.24) is 4.98 Å². The van der Waals surface area contributed by atoms with Gasteiger partial charge in [0.2, 0.25) is 0 Å². The number of nitro benzene ring substituents is 1. The minimum absolute atomic E-state index is 0.0462. The molecule has 1 N–H and O–H groups in total. The van der Waals surface area contributed by atoms with E-state index in [0.29, 0.717) is 22.2 Å². The Bertz CT molecular complexity index is 997. The van der Waals surface area contributed by atoms with Crippen LogP contribution >= 0.6 is 0 Å². The van der Waals surface area contributed by atoms with E-state index in [0.717, 1.165) is 0 Å². The largest absolute Gasteiger partial charge is 0.417 e. The first kappa shape index (κ1) is 14.5. The molecule has 3 aromatic rings. The zero-order chi connectivity index (χ0) is 16.4. The van der Waals surface area contributed by atoms with Gasteiger partial charge in [0, 0.05) is 17.7 Å². The van der Waals surface area contributed by atoms with Crippen LogP contribution in [0.2, 0.25) is 0 Å². The van der Waals surface area contributed by atoms with Gasteiger partial charge < -0.3 is 4.42 Å². The van der Waals surface area contributed by atoms with E-state index in [9.17, 15) is 19.7 Å². The summed E-state index contributed by atoms with van der Waals surface area (Å²) in [5.41, 5.74) is 1.65. The molecule has 0 saturated heterocycles. The number of nitrogens with one attached hydrogen (secondary N) is 1. The van der Waals surface area contributed by atoms with E-state index in [4.69, 9.17) is 4.42 Å². The Balaban J connectivity index is 1.86. The molecule has 0 aliphatic heterocycles. The molecule has 0 spiro atoms. The van der Waals surface area contributed by atoms with Crippen LogP contribution in [-0.4, -0.2) is 15.7 Å². The lowest BCUT2D eigenvalue weighted by Crippen LogP contribution is -1.93. The van der Waals surface area contributed by atoms with Crippen molar-refractivity contribution in [1.29, 1.82) is 0 Å². The Morgan fingerprint density at radius 3 is 2.83 bits per heavy atom. The number of fused-ring (bicyclic) bond motifs is 1. The molecule has 2 aromatic carbocycles. The monoisotopic (exact) mass is 310 g/mol. The van der Waals surface area contributed by atoms with Crippen molar-refractivity contribution in [2.24, 2.45) is 0 Å². The number of nitrogens with zero attached hydrogens (tertiary/aromatic N) is 1. The van der Waals surface area contributed by atoms with Crippen LogP contribution in [0.25, 0.3) is 17.2 Å². The Kier molecular flexibility index (Phi) is 3.60. The molecule has 0 aliphatic rings. The minimum atomic E-state index is -0.586. The maximum Gasteiger partial charge on any atom is 0.417 e. The summed E-state index contributed by atoms with van der Waals surface area (Å²) in [5, 5.41) is 10.7. The van der Waals surface area contributed by atoms with Crippen LogP contribution in [0.15, 0.2) is 57.8 Å². The van der Waals surface area contributed by atoms with Gasteiger partial charge in [-0.25, -0.2) is 4.79 Å². The third-order valence-electron chi connectivity index (χ3n) is 3.21. The van der Waals surface area contributed by atoms with Gasteiger partial charge in [-0.05, 0) is 29.8 Å². The van der Waals surface area contributed by atoms with Gasteiger partial charge in [0.05, 0.1) is 10.4 Å². The number of aromatic nitrogens is 1. The second kappa shape index (κ2) is 5.72. The highest BCUT2D eigenvalue weighted by Crippen LogP contribution is 2.16. The quantitative estimate of drug-likeness (QED) is 0.345. The molecule has 0 bridgehead atoms. The van der Waals surface area contributed by atoms with E-state index in [1.165, 1.54) is 30.4 Å². The second-order valence-electron chi connectivity index (χ2n) is 4.78. The van der Waals surface area contributed by atoms with Crippen molar-refractivity contribution in [3.63, 3.8) is 0 Å². The van der Waals surface area contributed by atoms with Crippen molar-refractivity contribution in [3.8, 4) is 0 Å². The van der Waals surface area contributed by atoms with Gasteiger partial charge in [-0.3, -0.25) is 19.9 Å². The number of oxazole rings is 1. The maximum atomic E-state index is 12.1. The zero-order valence-corrected chi connectivity index (χ0v) is 11.7. The van der Waals surface area contributed by atoms with Crippen molar-refractivity contribution in [3.05, 3.63) is 80.3 Å². The molecule has 0 radical (unpaired) electrons. The number of ketones is 1. The molecule has 0 unspecified atom stereocenters. The number of benzene rings is 2. The van der Waals surface area contributed by atoms with Gasteiger partial charge >= 0.3 is 5.76 Å². The smallest absolute Gasteiger partial charge is 0.408 e. The van der Waals surface area contributed by atoms with Crippen LogP contribution in [0.5, 0.6) is 0 Å². The number of carbonyl (C=O) groups is 1. The number of hydrogen-bond donors (Lipinski definition) is 1. The van der Waals surface area contributed by atoms with Crippen LogP contribution in [0, 0.1) is 10.1 Å². The topological polar surface area (TPSA) is 106 Å². The number of nitro groups is 1. The third kappa shape index (κ3) is 3.08. The average molecular weight is 310 g/mol. The molecule has 114 valence electrons. The molecule has 23 heavy (non-hydrogen) atoms. The lowest BCUT2D eigenvalue weighted by molar-refractivity contribution is -0.384. The molecule has 0 aliphatic carbocycles. The third-order valence-corrected chi connectivity index (χ3v) is 3.21. The number of H-pyrrole nitrogens is 1. The highest BCUT2D eigenvalue weighted by atomic mass is 16.6. The average Bonchev–Trinajstić information content (AvgIpc) is 2.91. The first-order valence-electron chi connectivity index (χ1n) is 6.63. The fourth-order valence-electron chi connectivity index (χ4n) is 2.11. The van der Waals surface area contributed by atoms with Crippen molar-refractivity contribution < 1.29 is 14.1 Å². The fourth-order valence-corrected chi connectivity index (χ4v) is 2.11. The normalized spacial score (nSPS) is 11.1. The van der Waals surface area contributed by atoms with Crippen molar-refractivity contribution in [2.75, 3.05) is 0 Å². The molecular formula is C16H10N2O5. The molecule has 1 aromatic heterocycles. The van der Waals surface area contributed by atoms with E-state index in [-0.39, 0.29) is 11.5 Å². The highest BCUT2D eigenvalue weighted by molar-refractivity contribution is 6.08. The van der Waals surface area contributed by atoms with Crippen molar-refractivity contribution >= 4 is 28.6 Å². The molecule has 0 saturated carbocycles. The molecule has 1 heterocycles. The summed E-state index contributed by atoms with van der Waals surface area (Å²) in [6, 6.07) is 10.6.